The lowest BCUT2D eigenvalue weighted by atomic mass is 9.45. The van der Waals surface area contributed by atoms with E-state index in [4.69, 9.17) is 68.4 Å². The fraction of sp³-hybridized carbons (Fsp3) is 0.580. The van der Waals surface area contributed by atoms with E-state index in [2.05, 4.69) is 74.5 Å². The van der Waals surface area contributed by atoms with Gasteiger partial charge in [0.25, 0.3) is 5.91 Å². The Morgan fingerprint density at radius 1 is 0.623 bits per heavy atom. The summed E-state index contributed by atoms with van der Waals surface area (Å²) in [5, 5.41) is 64.8. The third-order valence-corrected chi connectivity index (χ3v) is 25.4. The number of likely N-dealkylation sites (N-methyl/N-ethyl adjacent to an activating group) is 1. The van der Waals surface area contributed by atoms with Crippen LogP contribution in [0.15, 0.2) is 103 Å². The molecule has 3 heterocycles. The average Bonchev–Trinajstić information content (AvgIpc) is 1.14. The van der Waals surface area contributed by atoms with E-state index in [0.29, 0.717) is 97.1 Å². The van der Waals surface area contributed by atoms with Crippen molar-refractivity contribution >= 4 is 71.1 Å². The largest absolute Gasteiger partial charge is 0.498 e. The number of methoxy groups -OCH3 is 2. The second-order valence-electron chi connectivity index (χ2n) is 32.9. The molecule has 4 bridgehead atoms. The van der Waals surface area contributed by atoms with Crippen LogP contribution in [0.3, 0.4) is 0 Å². The fourth-order valence-electron chi connectivity index (χ4n) is 17.9. The number of hydroxylamine groups is 4. The molecule has 25 heteroatoms. The van der Waals surface area contributed by atoms with Gasteiger partial charge in [-0.05, 0) is 182 Å². The highest BCUT2D eigenvalue weighted by Crippen LogP contribution is 2.62. The summed E-state index contributed by atoms with van der Waals surface area (Å²) >= 11 is 17.8. The SMILES string of the molecule is COc1c(CN2O[C@@H](CO)[C@@H]([C@H](C)O)[C@H]2C(=O)N[C@H]2C[C@H]3C[C@@H]([C@@H]2C)C3(C)C)cccc1-c1cc(Cl)cc(C(=O)N[C@@H](Cc2ccccc2)CN(C)C)c1.COc1c(CN2O[C@@H](CO)[C@@H]([C@H](C)O)[C@H]2C(=O)N[C@H]2C[C@H]3C[C@@H]([C@@H]2C)C3(C)C)cccc1B1OC(C)(C)C(C)(C)O1.O=C(O)c1cc(Cl)cc(Cl)c1. The number of benzene rings is 5. The molecule has 14 rings (SSSR count). The number of aromatic carboxylic acids is 1. The molecule has 3 aliphatic heterocycles. The molecule has 5 aromatic carbocycles. The Bertz CT molecular complexity index is 3890. The second-order valence-corrected chi connectivity index (χ2v) is 34.2. The first kappa shape index (κ1) is 82.6. The molecule has 21 nitrogen and oxygen atoms in total. The van der Waals surface area contributed by atoms with Gasteiger partial charge in [-0.1, -0.05) is 143 Å². The Hall–Kier alpha value is -5.93. The van der Waals surface area contributed by atoms with Crippen LogP contribution < -0.4 is 30.9 Å². The van der Waals surface area contributed by atoms with Gasteiger partial charge >= 0.3 is 13.1 Å². The minimum Gasteiger partial charge on any atom is -0.497 e. The van der Waals surface area contributed by atoms with Crippen LogP contribution in [-0.2, 0) is 48.1 Å². The predicted molar refractivity (Wildman–Crippen MR) is 411 cm³/mol. The van der Waals surface area contributed by atoms with E-state index in [1.165, 1.54) is 31.0 Å². The van der Waals surface area contributed by atoms with E-state index in [-0.39, 0.29) is 73.1 Å². The molecule has 9 fully saturated rings. The number of aliphatic hydroxyl groups is 4. The maximum atomic E-state index is 14.2. The quantitative estimate of drug-likeness (QED) is 0.0282. The Kier molecular flexibility index (Phi) is 26.3. The number of halogens is 3. The molecule has 17 atom stereocenters. The standard InChI is InChI=1S/C43H57ClN4O6.C31H49BN2O7.C7H4Cl2O2/c1-25-35-20-31(43(35,3)4)21-36(25)46-42(52)39-38(26(2)50)37(24-49)54-48(39)22-28-14-11-15-34(40(28)53-7)29-17-30(19-32(44)18-29)41(51)45-33(23-47(5)6)16-27-12-9-8-10-13-27;1-17-21-13-20(29(21,3)4)14-23(17)33-28(37)26-25(18(2)36)24(16-35)39-34(26)15-19-11-10-12-22(27(19)38-9)32-40-30(5,6)31(7,8)41-32;8-5-1-4(7(10)11)2-6(9)3-5/h8-15,17-19,25-26,31,33,35-39,49-50H,16,20-24H2,1-7H3,(H,45,51)(H,46,52);10-12,17-18,20-21,23-26,35-36H,13-16H2,1-9H3,(H,33,37);1-3H,(H,10,11)/t25-,26-,31+,33-,35-,36-,37-,38+,39-;17-,18-,20+,21-,23-,24-,25+,26-;/m00./s1. The normalized spacial score (nSPS) is 28.8. The van der Waals surface area contributed by atoms with Gasteiger partial charge in [0.15, 0.2) is 0 Å². The Morgan fingerprint density at radius 3 is 1.52 bits per heavy atom. The molecule has 0 aromatic heterocycles. The average molecular weight is 1520 g/mol. The molecule has 9 aliphatic rings. The zero-order chi connectivity index (χ0) is 77.4. The number of hydrogen-bond donors (Lipinski definition) is 8. The van der Waals surface area contributed by atoms with Crippen molar-refractivity contribution in [3.63, 3.8) is 0 Å². The summed E-state index contributed by atoms with van der Waals surface area (Å²) in [6.07, 6.45) is 1.73. The van der Waals surface area contributed by atoms with Crippen molar-refractivity contribution in [3.8, 4) is 22.6 Å². The molecular formula is C81H110BCl3N6O15. The van der Waals surface area contributed by atoms with Gasteiger partial charge in [-0.15, -0.1) is 0 Å². The minimum absolute atomic E-state index is 0.0301. The number of aliphatic hydroxyl groups excluding tert-OH is 4. The van der Waals surface area contributed by atoms with E-state index in [9.17, 15) is 39.6 Å². The number of hydrogen-bond acceptors (Lipinski definition) is 17. The van der Waals surface area contributed by atoms with E-state index in [0.717, 1.165) is 35.0 Å². The van der Waals surface area contributed by atoms with Crippen LogP contribution in [0.25, 0.3) is 11.1 Å². The topological polar surface area (TPSA) is 271 Å². The lowest BCUT2D eigenvalue weighted by molar-refractivity contribution is -0.183. The highest BCUT2D eigenvalue weighted by molar-refractivity contribution is 6.63. The molecule has 3 saturated heterocycles. The number of amides is 3. The summed E-state index contributed by atoms with van der Waals surface area (Å²) in [5.74, 6) is 1.22. The van der Waals surface area contributed by atoms with Gasteiger partial charge in [-0.2, -0.15) is 10.1 Å². The predicted octanol–water partition coefficient (Wildman–Crippen LogP) is 10.9. The molecule has 578 valence electrons. The third kappa shape index (κ3) is 17.6. The number of carbonyl (C=O) groups excluding carboxylic acids is 3. The third-order valence-electron chi connectivity index (χ3n) is 24.7. The summed E-state index contributed by atoms with van der Waals surface area (Å²) in [6.45, 7) is 25.5. The first-order valence-electron chi connectivity index (χ1n) is 37.2. The monoisotopic (exact) mass is 1520 g/mol. The van der Waals surface area contributed by atoms with Crippen LogP contribution in [0.5, 0.6) is 11.5 Å². The van der Waals surface area contributed by atoms with Crippen molar-refractivity contribution in [1.82, 2.24) is 31.0 Å². The van der Waals surface area contributed by atoms with Gasteiger partial charge in [0.05, 0.1) is 69.5 Å². The summed E-state index contributed by atoms with van der Waals surface area (Å²) in [7, 11) is 6.53. The zero-order valence-electron chi connectivity index (χ0n) is 64.1. The van der Waals surface area contributed by atoms with Gasteiger partial charge in [-0.25, -0.2) is 4.79 Å². The maximum absolute atomic E-state index is 14.2. The molecular weight excluding hydrogens is 1410 g/mol. The molecule has 0 unspecified atom stereocenters. The molecule has 5 aromatic rings. The van der Waals surface area contributed by atoms with Crippen LogP contribution in [0.2, 0.25) is 15.1 Å². The van der Waals surface area contributed by atoms with Gasteiger partial charge in [-0.3, -0.25) is 24.1 Å². The van der Waals surface area contributed by atoms with E-state index in [1.807, 2.05) is 102 Å². The number of carbonyl (C=O) groups is 4. The highest BCUT2D eigenvalue weighted by atomic mass is 35.5. The van der Waals surface area contributed by atoms with Gasteiger partial charge in [0.2, 0.25) is 11.8 Å². The number of nitrogens with zero attached hydrogens (tertiary/aromatic N) is 3. The molecule has 8 N–H and O–H groups in total. The fourth-order valence-corrected chi connectivity index (χ4v) is 18.7. The molecule has 6 saturated carbocycles. The van der Waals surface area contributed by atoms with Gasteiger partial charge < -0.3 is 65.2 Å². The highest BCUT2D eigenvalue weighted by Gasteiger charge is 2.60. The van der Waals surface area contributed by atoms with Crippen LogP contribution in [0, 0.1) is 58.2 Å². The van der Waals surface area contributed by atoms with E-state index < -0.39 is 72.6 Å². The molecule has 3 amide bonds. The Labute approximate surface area is 640 Å². The number of carboxylic acid groups (broad SMARTS) is 1. The first-order valence-corrected chi connectivity index (χ1v) is 38.3. The Balaban J connectivity index is 0.000000203. The molecule has 0 radical (unpaired) electrons. The zero-order valence-corrected chi connectivity index (χ0v) is 66.3. The van der Waals surface area contributed by atoms with E-state index in [1.54, 1.807) is 50.3 Å². The number of ether oxygens (including phenoxy) is 2. The van der Waals surface area contributed by atoms with Crippen LogP contribution >= 0.6 is 34.8 Å². The van der Waals surface area contributed by atoms with Crippen molar-refractivity contribution in [2.24, 2.45) is 58.2 Å². The van der Waals surface area contributed by atoms with E-state index >= 15 is 0 Å². The molecule has 0 spiro atoms. The van der Waals surface area contributed by atoms with Crippen molar-refractivity contribution < 1.29 is 73.2 Å². The number of nitrogens with one attached hydrogen (secondary N) is 3. The number of rotatable bonds is 23. The summed E-state index contributed by atoms with van der Waals surface area (Å²) in [6, 6.07) is 29.3. The van der Waals surface area contributed by atoms with Gasteiger partial charge in [0, 0.05) is 79.3 Å². The summed E-state index contributed by atoms with van der Waals surface area (Å²) < 4.78 is 24.5. The van der Waals surface area contributed by atoms with Crippen molar-refractivity contribution in [3.05, 3.63) is 146 Å². The van der Waals surface area contributed by atoms with Crippen LogP contribution in [0.4, 0.5) is 0 Å². The summed E-state index contributed by atoms with van der Waals surface area (Å²) in [5.41, 5.74) is 4.90. The lowest BCUT2D eigenvalue weighted by Crippen LogP contribution is -2.62. The van der Waals surface area contributed by atoms with Crippen LogP contribution in [0.1, 0.15) is 146 Å². The lowest BCUT2D eigenvalue weighted by Gasteiger charge is -2.62. The Morgan fingerprint density at radius 2 is 1.08 bits per heavy atom. The molecule has 6 aliphatic carbocycles. The molecule has 106 heavy (non-hydrogen) atoms. The van der Waals surface area contributed by atoms with Crippen LogP contribution in [-0.4, -0.2) is 185 Å². The first-order chi connectivity index (χ1) is 49.9. The maximum Gasteiger partial charge on any atom is 0.498 e. The number of para-hydroxylation sites is 2. The minimum atomic E-state index is -1.03. The smallest absolute Gasteiger partial charge is 0.497 e. The number of carboxylic acids is 1. The van der Waals surface area contributed by atoms with Crippen molar-refractivity contribution in [2.75, 3.05) is 48.1 Å². The van der Waals surface area contributed by atoms with Crippen molar-refractivity contribution in [1.29, 1.82) is 0 Å². The summed E-state index contributed by atoms with van der Waals surface area (Å²) in [4.78, 5) is 66.8. The van der Waals surface area contributed by atoms with Crippen molar-refractivity contribution in [2.45, 2.75) is 194 Å². The van der Waals surface area contributed by atoms with Gasteiger partial charge in [0.1, 0.15) is 35.8 Å². The second kappa shape index (κ2) is 33.7. The number of fused-ring (bicyclic) bond motifs is 4.